The van der Waals surface area contributed by atoms with Gasteiger partial charge in [0.15, 0.2) is 0 Å². The van der Waals surface area contributed by atoms with Crippen LogP contribution in [0.25, 0.3) is 0 Å². The highest BCUT2D eigenvalue weighted by molar-refractivity contribution is 7.89. The van der Waals surface area contributed by atoms with E-state index in [0.29, 0.717) is 41.9 Å². The van der Waals surface area contributed by atoms with Crippen molar-refractivity contribution in [2.75, 3.05) is 19.7 Å². The molecule has 1 atom stereocenters. The first-order chi connectivity index (χ1) is 10.9. The minimum atomic E-state index is -3.50. The Morgan fingerprint density at radius 2 is 1.87 bits per heavy atom. The molecule has 1 saturated heterocycles. The zero-order valence-electron chi connectivity index (χ0n) is 14.3. The molecule has 1 saturated carbocycles. The maximum atomic E-state index is 13.1. The molecule has 0 amide bonds. The molecule has 0 spiro atoms. The maximum Gasteiger partial charge on any atom is 0.246 e. The van der Waals surface area contributed by atoms with E-state index in [1.807, 2.05) is 6.92 Å². The molecular weight excluding hydrogens is 314 g/mol. The Labute approximate surface area is 138 Å². The smallest absolute Gasteiger partial charge is 0.246 e. The summed E-state index contributed by atoms with van der Waals surface area (Å²) in [4.78, 5) is 0.365. The topological polar surface area (TPSA) is 64.4 Å². The summed E-state index contributed by atoms with van der Waals surface area (Å²) in [5.74, 6) is 0.498. The van der Waals surface area contributed by atoms with Gasteiger partial charge >= 0.3 is 0 Å². The van der Waals surface area contributed by atoms with Gasteiger partial charge in [-0.05, 0) is 32.6 Å². The summed E-state index contributed by atoms with van der Waals surface area (Å²) >= 11 is 0. The number of nitrogens with zero attached hydrogens (tertiary/aromatic N) is 3. The molecule has 0 aromatic carbocycles. The lowest BCUT2D eigenvalue weighted by Gasteiger charge is -2.37. The Kier molecular flexibility index (Phi) is 4.80. The number of ether oxygens (including phenoxy) is 1. The van der Waals surface area contributed by atoms with E-state index in [1.54, 1.807) is 23.0 Å². The lowest BCUT2D eigenvalue weighted by Crippen LogP contribution is -2.48. The second-order valence-electron chi connectivity index (χ2n) is 6.79. The van der Waals surface area contributed by atoms with Crippen molar-refractivity contribution in [2.45, 2.75) is 57.0 Å². The standard InChI is InChI=1S/C16H27N3O3S/c1-12-16(13(2)18(3)17-12)23(20,21)19-9-10-22-15(11-19)14-7-5-4-6-8-14/h14-15H,4-11H2,1-3H3. The number of rotatable bonds is 3. The average molecular weight is 341 g/mol. The van der Waals surface area contributed by atoms with E-state index in [4.69, 9.17) is 4.74 Å². The van der Waals surface area contributed by atoms with Gasteiger partial charge in [0.05, 0.1) is 24.1 Å². The summed E-state index contributed by atoms with van der Waals surface area (Å²) in [6, 6.07) is 0. The fourth-order valence-electron chi connectivity index (χ4n) is 3.92. The first kappa shape index (κ1) is 16.9. The molecule has 1 aromatic heterocycles. The summed E-state index contributed by atoms with van der Waals surface area (Å²) in [5, 5.41) is 4.26. The van der Waals surface area contributed by atoms with E-state index >= 15 is 0 Å². The predicted molar refractivity (Wildman–Crippen MR) is 87.8 cm³/mol. The van der Waals surface area contributed by atoms with Crippen molar-refractivity contribution < 1.29 is 13.2 Å². The molecule has 7 heteroatoms. The van der Waals surface area contributed by atoms with E-state index in [9.17, 15) is 8.42 Å². The van der Waals surface area contributed by atoms with Gasteiger partial charge in [-0.3, -0.25) is 4.68 Å². The third-order valence-corrected chi connectivity index (χ3v) is 7.39. The van der Waals surface area contributed by atoms with Gasteiger partial charge < -0.3 is 4.74 Å². The molecule has 1 unspecified atom stereocenters. The summed E-state index contributed by atoms with van der Waals surface area (Å²) in [7, 11) is -1.72. The Bertz CT molecular complexity index is 662. The van der Waals surface area contributed by atoms with E-state index in [1.165, 1.54) is 19.3 Å². The molecule has 6 nitrogen and oxygen atoms in total. The summed E-state index contributed by atoms with van der Waals surface area (Å²) in [5.41, 5.74) is 1.27. The quantitative estimate of drug-likeness (QED) is 0.843. The molecule has 0 N–H and O–H groups in total. The van der Waals surface area contributed by atoms with Crippen LogP contribution in [0.3, 0.4) is 0 Å². The van der Waals surface area contributed by atoms with Crippen LogP contribution in [0, 0.1) is 19.8 Å². The normalized spacial score (nSPS) is 24.9. The van der Waals surface area contributed by atoms with Crippen molar-refractivity contribution in [1.29, 1.82) is 0 Å². The van der Waals surface area contributed by atoms with E-state index in [2.05, 4.69) is 5.10 Å². The van der Waals surface area contributed by atoms with Gasteiger partial charge in [-0.1, -0.05) is 19.3 Å². The van der Waals surface area contributed by atoms with Crippen molar-refractivity contribution in [3.8, 4) is 0 Å². The Balaban J connectivity index is 1.82. The van der Waals surface area contributed by atoms with Gasteiger partial charge in [0.1, 0.15) is 4.90 Å². The fourth-order valence-corrected chi connectivity index (χ4v) is 5.75. The number of sulfonamides is 1. The average Bonchev–Trinajstić information content (AvgIpc) is 2.81. The SMILES string of the molecule is Cc1nn(C)c(C)c1S(=O)(=O)N1CCOC(C2CCCCC2)C1. The highest BCUT2D eigenvalue weighted by Gasteiger charge is 2.37. The van der Waals surface area contributed by atoms with Crippen LogP contribution >= 0.6 is 0 Å². The second-order valence-corrected chi connectivity index (χ2v) is 8.67. The van der Waals surface area contributed by atoms with Crippen LogP contribution in [-0.4, -0.2) is 48.3 Å². The van der Waals surface area contributed by atoms with E-state index < -0.39 is 10.0 Å². The van der Waals surface area contributed by atoms with Crippen LogP contribution in [0.5, 0.6) is 0 Å². The molecule has 2 heterocycles. The second kappa shape index (κ2) is 6.53. The number of aromatic nitrogens is 2. The van der Waals surface area contributed by atoms with Crippen molar-refractivity contribution in [3.05, 3.63) is 11.4 Å². The fraction of sp³-hybridized carbons (Fsp3) is 0.812. The monoisotopic (exact) mass is 341 g/mol. The highest BCUT2D eigenvalue weighted by atomic mass is 32.2. The molecule has 23 heavy (non-hydrogen) atoms. The molecule has 1 aliphatic heterocycles. The molecule has 130 valence electrons. The van der Waals surface area contributed by atoms with Crippen molar-refractivity contribution in [3.63, 3.8) is 0 Å². The molecule has 2 aliphatic rings. The van der Waals surface area contributed by atoms with Crippen LogP contribution in [-0.2, 0) is 21.8 Å². The number of aryl methyl sites for hydroxylation is 2. The van der Waals surface area contributed by atoms with Crippen LogP contribution in [0.15, 0.2) is 4.90 Å². The predicted octanol–water partition coefficient (Wildman–Crippen LogP) is 2.01. The van der Waals surface area contributed by atoms with Gasteiger partial charge in [-0.15, -0.1) is 0 Å². The van der Waals surface area contributed by atoms with Gasteiger partial charge in [0.25, 0.3) is 0 Å². The molecular formula is C16H27N3O3S. The zero-order valence-corrected chi connectivity index (χ0v) is 15.1. The maximum absolute atomic E-state index is 13.1. The van der Waals surface area contributed by atoms with Crippen LogP contribution < -0.4 is 0 Å². The summed E-state index contributed by atoms with van der Waals surface area (Å²) < 4.78 is 35.3. The lowest BCUT2D eigenvalue weighted by atomic mass is 9.85. The Morgan fingerprint density at radius 3 is 2.48 bits per heavy atom. The van der Waals surface area contributed by atoms with Gasteiger partial charge in [-0.2, -0.15) is 9.40 Å². The van der Waals surface area contributed by atoms with Crippen LogP contribution in [0.1, 0.15) is 43.5 Å². The summed E-state index contributed by atoms with van der Waals surface area (Å²) in [6.45, 7) is 4.96. The van der Waals surface area contributed by atoms with Gasteiger partial charge in [0, 0.05) is 20.1 Å². The molecule has 2 fully saturated rings. The highest BCUT2D eigenvalue weighted by Crippen LogP contribution is 2.31. The third kappa shape index (κ3) is 3.19. The van der Waals surface area contributed by atoms with Crippen LogP contribution in [0.4, 0.5) is 0 Å². The Morgan fingerprint density at radius 1 is 1.17 bits per heavy atom. The van der Waals surface area contributed by atoms with Crippen molar-refractivity contribution >= 4 is 10.0 Å². The van der Waals surface area contributed by atoms with Crippen molar-refractivity contribution in [1.82, 2.24) is 14.1 Å². The molecule has 3 rings (SSSR count). The molecule has 0 radical (unpaired) electrons. The Hall–Kier alpha value is -0.920. The third-order valence-electron chi connectivity index (χ3n) is 5.27. The molecule has 1 aromatic rings. The first-order valence-electron chi connectivity index (χ1n) is 8.53. The minimum Gasteiger partial charge on any atom is -0.375 e. The van der Waals surface area contributed by atoms with Crippen molar-refractivity contribution in [2.24, 2.45) is 13.0 Å². The van der Waals surface area contributed by atoms with Gasteiger partial charge in [0.2, 0.25) is 10.0 Å². The number of morpholine rings is 1. The molecule has 0 bridgehead atoms. The van der Waals surface area contributed by atoms with Gasteiger partial charge in [-0.25, -0.2) is 8.42 Å². The summed E-state index contributed by atoms with van der Waals surface area (Å²) in [6.07, 6.45) is 6.11. The van der Waals surface area contributed by atoms with Crippen LogP contribution in [0.2, 0.25) is 0 Å². The number of hydrogen-bond acceptors (Lipinski definition) is 4. The largest absolute Gasteiger partial charge is 0.375 e. The number of hydrogen-bond donors (Lipinski definition) is 0. The minimum absolute atomic E-state index is 0.0381. The van der Waals surface area contributed by atoms with E-state index in [-0.39, 0.29) is 6.10 Å². The zero-order chi connectivity index (χ0) is 16.6. The van der Waals surface area contributed by atoms with E-state index in [0.717, 1.165) is 12.8 Å². The lowest BCUT2D eigenvalue weighted by molar-refractivity contribution is -0.0431. The molecule has 1 aliphatic carbocycles. The first-order valence-corrected chi connectivity index (χ1v) is 9.97.